The topological polar surface area (TPSA) is 9.23 Å². The van der Waals surface area contributed by atoms with Crippen LogP contribution >= 0.6 is 0 Å². The maximum absolute atomic E-state index is 7.14. The third kappa shape index (κ3) is 3.29. The molecule has 3 fully saturated rings. The number of hydrogen-bond donors (Lipinski definition) is 0. The smallest absolute Gasteiger partial charge is 0.150 e. The van der Waals surface area contributed by atoms with Gasteiger partial charge in [-0.15, -0.1) is 0 Å². The molecule has 0 N–H and O–H groups in total. The summed E-state index contributed by atoms with van der Waals surface area (Å²) in [6.45, 7) is 11.9. The van der Waals surface area contributed by atoms with E-state index in [1.807, 2.05) is 0 Å². The number of quaternary nitrogens is 1. The maximum Gasteiger partial charge on any atom is 0.150 e. The van der Waals surface area contributed by atoms with Crippen molar-refractivity contribution in [3.63, 3.8) is 0 Å². The van der Waals surface area contributed by atoms with Crippen molar-refractivity contribution in [2.45, 2.75) is 77.0 Å². The van der Waals surface area contributed by atoms with Crippen molar-refractivity contribution >= 4 is 0 Å². The normalized spacial score (nSPS) is 37.7. The quantitative estimate of drug-likeness (QED) is 0.308. The summed E-state index contributed by atoms with van der Waals surface area (Å²) in [6, 6.07) is 22.6. The summed E-state index contributed by atoms with van der Waals surface area (Å²) in [5, 5.41) is 0. The summed E-state index contributed by atoms with van der Waals surface area (Å²) in [5.74, 6) is 2.21. The minimum Gasteiger partial charge on any atom is -0.364 e. The first kappa shape index (κ1) is 22.2. The molecule has 0 amide bonds. The highest BCUT2D eigenvalue weighted by Crippen LogP contribution is 2.68. The zero-order valence-corrected chi connectivity index (χ0v) is 20.4. The van der Waals surface area contributed by atoms with Gasteiger partial charge in [-0.05, 0) is 31.7 Å². The first-order chi connectivity index (χ1) is 15.6. The second-order valence-corrected chi connectivity index (χ2v) is 11.2. The van der Waals surface area contributed by atoms with Crippen LogP contribution in [0.4, 0.5) is 0 Å². The van der Waals surface area contributed by atoms with Gasteiger partial charge in [-0.1, -0.05) is 93.8 Å². The molecule has 6 atom stereocenters. The predicted molar refractivity (Wildman–Crippen MR) is 132 cm³/mol. The van der Waals surface area contributed by atoms with Gasteiger partial charge in [-0.25, -0.2) is 0 Å². The molecule has 32 heavy (non-hydrogen) atoms. The molecule has 0 aromatic heterocycles. The highest BCUT2D eigenvalue weighted by atomic mass is 16.5. The van der Waals surface area contributed by atoms with Gasteiger partial charge in [-0.2, -0.15) is 0 Å². The average Bonchev–Trinajstić information content (AvgIpc) is 3.35. The fraction of sp³-hybridized carbons (Fsp3) is 0.600. The number of ether oxygens (including phenoxy) is 1. The Morgan fingerprint density at radius 1 is 0.938 bits per heavy atom. The lowest BCUT2D eigenvalue weighted by Crippen LogP contribution is -2.57. The molecule has 1 aliphatic carbocycles. The van der Waals surface area contributed by atoms with E-state index >= 15 is 0 Å². The summed E-state index contributed by atoms with van der Waals surface area (Å²) in [4.78, 5) is 0. The van der Waals surface area contributed by atoms with E-state index < -0.39 is 0 Å². The highest BCUT2D eigenvalue weighted by Gasteiger charge is 2.78. The van der Waals surface area contributed by atoms with Crippen molar-refractivity contribution in [2.24, 2.45) is 17.8 Å². The second kappa shape index (κ2) is 8.61. The van der Waals surface area contributed by atoms with Crippen LogP contribution in [-0.4, -0.2) is 29.7 Å². The van der Waals surface area contributed by atoms with Crippen LogP contribution in [0.2, 0.25) is 0 Å². The fourth-order valence-electron chi connectivity index (χ4n) is 8.36. The van der Waals surface area contributed by atoms with Crippen LogP contribution in [0.3, 0.4) is 0 Å². The summed E-state index contributed by atoms with van der Waals surface area (Å²) >= 11 is 0. The summed E-state index contributed by atoms with van der Waals surface area (Å²) in [7, 11) is 0. The van der Waals surface area contributed by atoms with Gasteiger partial charge < -0.3 is 9.22 Å². The number of rotatable bonds is 9. The Hall–Kier alpha value is -1.64. The number of hydrogen-bond acceptors (Lipinski definition) is 1. The largest absolute Gasteiger partial charge is 0.364 e. The van der Waals surface area contributed by atoms with E-state index in [2.05, 4.69) is 81.4 Å². The Balaban J connectivity index is 1.55. The molecule has 2 aliphatic heterocycles. The molecule has 3 aliphatic rings. The van der Waals surface area contributed by atoms with Gasteiger partial charge in [0.25, 0.3) is 0 Å². The van der Waals surface area contributed by atoms with Gasteiger partial charge in [0.2, 0.25) is 0 Å². The average molecular weight is 433 g/mol. The van der Waals surface area contributed by atoms with E-state index in [9.17, 15) is 0 Å². The molecular formula is C30H42NO+. The van der Waals surface area contributed by atoms with Crippen LogP contribution in [0.5, 0.6) is 0 Å². The Kier molecular flexibility index (Phi) is 5.97. The van der Waals surface area contributed by atoms with Crippen molar-refractivity contribution in [3.8, 4) is 0 Å². The van der Waals surface area contributed by atoms with Gasteiger partial charge in [0.05, 0.1) is 12.5 Å². The van der Waals surface area contributed by atoms with E-state index in [0.29, 0.717) is 11.5 Å². The lowest BCUT2D eigenvalue weighted by Gasteiger charge is -2.43. The van der Waals surface area contributed by atoms with E-state index in [1.54, 1.807) is 0 Å². The molecule has 2 aromatic rings. The third-order valence-corrected chi connectivity index (χ3v) is 9.62. The molecule has 2 heteroatoms. The predicted octanol–water partition coefficient (Wildman–Crippen LogP) is 6.94. The summed E-state index contributed by atoms with van der Waals surface area (Å²) in [5.41, 5.74) is 3.06. The van der Waals surface area contributed by atoms with E-state index in [0.717, 1.165) is 31.5 Å². The van der Waals surface area contributed by atoms with Crippen LogP contribution in [-0.2, 0) is 16.9 Å². The Morgan fingerprint density at radius 2 is 1.66 bits per heavy atom. The van der Waals surface area contributed by atoms with Gasteiger partial charge >= 0.3 is 0 Å². The molecule has 172 valence electrons. The van der Waals surface area contributed by atoms with Gasteiger partial charge in [0.15, 0.2) is 5.60 Å². The van der Waals surface area contributed by atoms with Gasteiger partial charge in [0, 0.05) is 24.0 Å². The number of unbranched alkanes of at least 4 members (excludes halogenated alkanes) is 3. The van der Waals surface area contributed by atoms with Crippen molar-refractivity contribution in [1.29, 1.82) is 0 Å². The van der Waals surface area contributed by atoms with E-state index in [1.165, 1.54) is 60.7 Å². The molecule has 5 rings (SSSR count). The molecule has 2 heterocycles. The minimum absolute atomic E-state index is 0.147. The Labute approximate surface area is 195 Å². The van der Waals surface area contributed by atoms with Crippen molar-refractivity contribution in [2.75, 3.05) is 19.7 Å². The maximum atomic E-state index is 7.14. The molecule has 0 spiro atoms. The summed E-state index contributed by atoms with van der Waals surface area (Å²) < 4.78 is 8.34. The van der Waals surface area contributed by atoms with E-state index in [4.69, 9.17) is 4.74 Å². The molecule has 2 saturated heterocycles. The Morgan fingerprint density at radius 3 is 2.38 bits per heavy atom. The van der Waals surface area contributed by atoms with Crippen LogP contribution in [0.15, 0.2) is 60.7 Å². The molecule has 0 unspecified atom stereocenters. The van der Waals surface area contributed by atoms with Crippen molar-refractivity contribution < 1.29 is 9.22 Å². The lowest BCUT2D eigenvalue weighted by atomic mass is 9.73. The first-order valence-electron chi connectivity index (χ1n) is 13.2. The van der Waals surface area contributed by atoms with Crippen molar-refractivity contribution in [1.82, 2.24) is 0 Å². The Bertz CT molecular complexity index is 898. The van der Waals surface area contributed by atoms with Crippen molar-refractivity contribution in [3.05, 3.63) is 71.8 Å². The van der Waals surface area contributed by atoms with Crippen LogP contribution in [0, 0.1) is 17.8 Å². The highest BCUT2D eigenvalue weighted by molar-refractivity contribution is 5.30. The third-order valence-electron chi connectivity index (χ3n) is 9.62. The zero-order valence-electron chi connectivity index (χ0n) is 20.4. The van der Waals surface area contributed by atoms with Crippen LogP contribution in [0.25, 0.3) is 0 Å². The van der Waals surface area contributed by atoms with Gasteiger partial charge in [-0.3, -0.25) is 0 Å². The molecule has 0 bridgehead atoms. The zero-order chi connectivity index (χ0) is 22.2. The SMILES string of the molecule is CCCCCCO[C@]1(c2ccccc2)C[N@+]2(Cc3ccccc3)C[C@@H](C)[C@@H]3CC[C@H]1[C@@]32C. The van der Waals surface area contributed by atoms with Crippen LogP contribution < -0.4 is 0 Å². The standard InChI is InChI=1S/C30H42NO/c1-4-5-6-13-20-32-30(26-16-11-8-12-17-26)23-31(22-25-14-9-7-10-15-25)21-24(2)27-18-19-28(30)29(27,31)3/h7-12,14-17,24,27-28H,4-6,13,18-23H2,1-3H3/q+1/t24-,27+,28+,29-,30+,31-/m1/s1. The first-order valence-corrected chi connectivity index (χ1v) is 13.2. The summed E-state index contributed by atoms with van der Waals surface area (Å²) in [6.07, 6.45) is 7.74. The molecule has 2 aromatic carbocycles. The van der Waals surface area contributed by atoms with Crippen LogP contribution in [0.1, 0.15) is 70.4 Å². The molecular weight excluding hydrogens is 390 g/mol. The number of nitrogens with zero attached hydrogens (tertiary/aromatic N) is 1. The minimum atomic E-state index is -0.147. The lowest BCUT2D eigenvalue weighted by molar-refractivity contribution is -0.968. The molecule has 1 saturated carbocycles. The number of benzene rings is 2. The molecule has 0 radical (unpaired) electrons. The fourth-order valence-corrected chi connectivity index (χ4v) is 8.36. The monoisotopic (exact) mass is 432 g/mol. The van der Waals surface area contributed by atoms with Gasteiger partial charge in [0.1, 0.15) is 18.6 Å². The molecule has 2 nitrogen and oxygen atoms in total. The van der Waals surface area contributed by atoms with E-state index in [-0.39, 0.29) is 5.60 Å². The second-order valence-electron chi connectivity index (χ2n) is 11.2.